The van der Waals surface area contributed by atoms with Gasteiger partial charge in [0, 0.05) is 13.1 Å². The van der Waals surface area contributed by atoms with Crippen LogP contribution in [0.15, 0.2) is 18.2 Å². The Bertz CT molecular complexity index is 897. The predicted molar refractivity (Wildman–Crippen MR) is 94.3 cm³/mol. The second-order valence-corrected chi connectivity index (χ2v) is 6.04. The van der Waals surface area contributed by atoms with Gasteiger partial charge in [-0.2, -0.15) is 18.4 Å². The lowest BCUT2D eigenvalue weighted by Crippen LogP contribution is -2.32. The van der Waals surface area contributed by atoms with Crippen molar-refractivity contribution in [2.24, 2.45) is 0 Å². The first-order valence-electron chi connectivity index (χ1n) is 8.06. The molecule has 2 aromatic rings. The van der Waals surface area contributed by atoms with Crippen LogP contribution in [0.4, 0.5) is 19.0 Å². The summed E-state index contributed by atoms with van der Waals surface area (Å²) in [7, 11) is 0. The molecule has 2 N–H and O–H groups in total. The number of nitrogens with zero attached hydrogens (tertiary/aromatic N) is 4. The van der Waals surface area contributed by atoms with Gasteiger partial charge in [-0.15, -0.1) is 5.10 Å². The fraction of sp³-hybridized carbons (Fsp3) is 0.353. The number of benzene rings is 1. The van der Waals surface area contributed by atoms with Gasteiger partial charge in [-0.25, -0.2) is 4.68 Å². The van der Waals surface area contributed by atoms with Gasteiger partial charge in [0.25, 0.3) is 0 Å². The molecule has 0 saturated carbocycles. The van der Waals surface area contributed by atoms with Gasteiger partial charge in [-0.1, -0.05) is 11.6 Å². The Morgan fingerprint density at radius 3 is 2.48 bits per heavy atom. The minimum atomic E-state index is -4.55. The molecule has 0 unspecified atom stereocenters. The maximum Gasteiger partial charge on any atom is 0.416 e. The minimum absolute atomic E-state index is 0.00790. The fourth-order valence-electron chi connectivity index (χ4n) is 2.64. The number of nitrogen functional groups attached to an aromatic ring is 1. The molecule has 0 radical (unpaired) electrons. The van der Waals surface area contributed by atoms with Crippen LogP contribution in [-0.4, -0.2) is 33.7 Å². The highest BCUT2D eigenvalue weighted by Gasteiger charge is 2.31. The molecule has 10 heteroatoms. The van der Waals surface area contributed by atoms with Crippen molar-refractivity contribution in [2.75, 3.05) is 18.8 Å². The zero-order valence-corrected chi connectivity index (χ0v) is 15.4. The number of amides is 1. The molecule has 1 heterocycles. The van der Waals surface area contributed by atoms with Crippen molar-refractivity contribution >= 4 is 23.3 Å². The summed E-state index contributed by atoms with van der Waals surface area (Å²) in [4.78, 5) is 14.0. The van der Waals surface area contributed by atoms with E-state index in [0.717, 1.165) is 22.9 Å². The first-order chi connectivity index (χ1) is 12.6. The standard InChI is InChI=1S/C17H17ClF3N5O/c1-3-25(4-2)15(27)8-14-11(9-22)16(23)24-26(14)13-6-5-10(7-12(13)18)17(19,20)21/h5-7H,3-4,8H2,1-2H3,(H2,23,24). The molecule has 1 amide bonds. The third kappa shape index (κ3) is 4.17. The summed E-state index contributed by atoms with van der Waals surface area (Å²) in [6, 6.07) is 4.63. The highest BCUT2D eigenvalue weighted by Crippen LogP contribution is 2.34. The first-order valence-corrected chi connectivity index (χ1v) is 8.44. The van der Waals surface area contributed by atoms with E-state index in [4.69, 9.17) is 17.3 Å². The maximum absolute atomic E-state index is 12.8. The second-order valence-electron chi connectivity index (χ2n) is 5.64. The van der Waals surface area contributed by atoms with E-state index in [-0.39, 0.29) is 40.1 Å². The van der Waals surface area contributed by atoms with Crippen LogP contribution in [0.1, 0.15) is 30.7 Å². The molecule has 0 spiro atoms. The molecule has 0 aliphatic carbocycles. The zero-order valence-electron chi connectivity index (χ0n) is 14.6. The van der Waals surface area contributed by atoms with Crippen LogP contribution in [0, 0.1) is 11.3 Å². The van der Waals surface area contributed by atoms with Crippen LogP contribution in [0.3, 0.4) is 0 Å². The minimum Gasteiger partial charge on any atom is -0.381 e. The number of carbonyl (C=O) groups excluding carboxylic acids is 1. The highest BCUT2D eigenvalue weighted by atomic mass is 35.5. The average molecular weight is 400 g/mol. The van der Waals surface area contributed by atoms with E-state index in [0.29, 0.717) is 13.1 Å². The number of nitrogens with two attached hydrogens (primary N) is 1. The Morgan fingerprint density at radius 1 is 1.37 bits per heavy atom. The Balaban J connectivity index is 2.56. The second kappa shape index (κ2) is 7.88. The van der Waals surface area contributed by atoms with E-state index >= 15 is 0 Å². The molecule has 2 rings (SSSR count). The number of anilines is 1. The quantitative estimate of drug-likeness (QED) is 0.834. The summed E-state index contributed by atoms with van der Waals surface area (Å²) in [6.45, 7) is 4.57. The fourth-order valence-corrected chi connectivity index (χ4v) is 2.90. The Kier molecular flexibility index (Phi) is 6.01. The zero-order chi connectivity index (χ0) is 20.4. The molecular formula is C17H17ClF3N5O. The van der Waals surface area contributed by atoms with E-state index in [1.54, 1.807) is 4.90 Å². The molecule has 0 bridgehead atoms. The molecule has 1 aromatic heterocycles. The van der Waals surface area contributed by atoms with Crippen molar-refractivity contribution in [3.8, 4) is 11.8 Å². The number of halogens is 4. The number of aromatic nitrogens is 2. The first kappa shape index (κ1) is 20.6. The van der Waals surface area contributed by atoms with Gasteiger partial charge in [-0.05, 0) is 32.0 Å². The van der Waals surface area contributed by atoms with Crippen molar-refractivity contribution in [3.05, 3.63) is 40.0 Å². The highest BCUT2D eigenvalue weighted by molar-refractivity contribution is 6.32. The van der Waals surface area contributed by atoms with E-state index in [1.807, 2.05) is 19.9 Å². The Hall–Kier alpha value is -2.73. The molecule has 1 aromatic carbocycles. The van der Waals surface area contributed by atoms with Crippen LogP contribution in [0.25, 0.3) is 5.69 Å². The Morgan fingerprint density at radius 2 is 2.00 bits per heavy atom. The van der Waals surface area contributed by atoms with Crippen molar-refractivity contribution in [1.29, 1.82) is 5.26 Å². The van der Waals surface area contributed by atoms with E-state index in [9.17, 15) is 23.2 Å². The van der Waals surface area contributed by atoms with Crippen molar-refractivity contribution in [2.45, 2.75) is 26.4 Å². The molecule has 0 fully saturated rings. The van der Waals surface area contributed by atoms with Crippen LogP contribution >= 0.6 is 11.6 Å². The van der Waals surface area contributed by atoms with Crippen LogP contribution in [-0.2, 0) is 17.4 Å². The van der Waals surface area contributed by atoms with Gasteiger partial charge in [0.05, 0.1) is 28.4 Å². The summed E-state index contributed by atoms with van der Waals surface area (Å²) in [5.74, 6) is -0.392. The number of nitriles is 1. The van der Waals surface area contributed by atoms with Crippen molar-refractivity contribution < 1.29 is 18.0 Å². The molecule has 27 heavy (non-hydrogen) atoms. The number of alkyl halides is 3. The van der Waals surface area contributed by atoms with Crippen LogP contribution in [0.5, 0.6) is 0 Å². The number of likely N-dealkylation sites (N-methyl/N-ethyl adjacent to an activating group) is 1. The van der Waals surface area contributed by atoms with Gasteiger partial charge in [0.2, 0.25) is 5.91 Å². The van der Waals surface area contributed by atoms with Gasteiger partial charge >= 0.3 is 6.18 Å². The molecule has 0 saturated heterocycles. The van der Waals surface area contributed by atoms with Crippen molar-refractivity contribution in [1.82, 2.24) is 14.7 Å². The van der Waals surface area contributed by atoms with Crippen LogP contribution in [0.2, 0.25) is 5.02 Å². The largest absolute Gasteiger partial charge is 0.416 e. The average Bonchev–Trinajstić information content (AvgIpc) is 2.90. The third-order valence-electron chi connectivity index (χ3n) is 4.06. The number of hydrogen-bond acceptors (Lipinski definition) is 4. The SMILES string of the molecule is CCN(CC)C(=O)Cc1c(C#N)c(N)nn1-c1ccc(C(F)(F)F)cc1Cl. The summed E-state index contributed by atoms with van der Waals surface area (Å²) in [5, 5.41) is 13.1. The van der Waals surface area contributed by atoms with Crippen molar-refractivity contribution in [3.63, 3.8) is 0 Å². The monoisotopic (exact) mass is 399 g/mol. The van der Waals surface area contributed by atoms with E-state index in [1.165, 1.54) is 0 Å². The van der Waals surface area contributed by atoms with Gasteiger partial charge in [0.15, 0.2) is 5.82 Å². The third-order valence-corrected chi connectivity index (χ3v) is 4.36. The predicted octanol–water partition coefficient (Wildman–Crippen LogP) is 3.41. The molecule has 0 atom stereocenters. The maximum atomic E-state index is 12.8. The molecular weight excluding hydrogens is 383 g/mol. The molecule has 0 aliphatic rings. The number of hydrogen-bond donors (Lipinski definition) is 1. The van der Waals surface area contributed by atoms with E-state index < -0.39 is 11.7 Å². The van der Waals surface area contributed by atoms with Gasteiger partial charge in [-0.3, -0.25) is 4.79 Å². The van der Waals surface area contributed by atoms with Crippen LogP contribution < -0.4 is 5.73 Å². The van der Waals surface area contributed by atoms with E-state index in [2.05, 4.69) is 5.10 Å². The lowest BCUT2D eigenvalue weighted by Gasteiger charge is -2.19. The Labute approximate surface area is 158 Å². The summed E-state index contributed by atoms with van der Waals surface area (Å²) >= 11 is 6.02. The number of carbonyl (C=O) groups is 1. The molecule has 0 aliphatic heterocycles. The summed E-state index contributed by atoms with van der Waals surface area (Å²) in [6.07, 6.45) is -4.74. The topological polar surface area (TPSA) is 87.9 Å². The lowest BCUT2D eigenvalue weighted by atomic mass is 10.1. The summed E-state index contributed by atoms with van der Waals surface area (Å²) in [5.41, 5.74) is 5.10. The normalized spacial score (nSPS) is 11.3. The number of rotatable bonds is 5. The van der Waals surface area contributed by atoms with Gasteiger partial charge < -0.3 is 10.6 Å². The lowest BCUT2D eigenvalue weighted by molar-refractivity contribution is -0.137. The van der Waals surface area contributed by atoms with Gasteiger partial charge in [0.1, 0.15) is 11.6 Å². The smallest absolute Gasteiger partial charge is 0.381 e. The summed E-state index contributed by atoms with van der Waals surface area (Å²) < 4.78 is 39.7. The molecule has 144 valence electrons. The molecule has 6 nitrogen and oxygen atoms in total.